The summed E-state index contributed by atoms with van der Waals surface area (Å²) < 4.78 is 7.44. The minimum absolute atomic E-state index is 0.0752. The summed E-state index contributed by atoms with van der Waals surface area (Å²) in [6, 6.07) is 10.00. The zero-order chi connectivity index (χ0) is 14.7. The first-order valence-corrected chi connectivity index (χ1v) is 7.11. The third kappa shape index (κ3) is 2.82. The summed E-state index contributed by atoms with van der Waals surface area (Å²) in [6.45, 7) is 1.50. The number of nitrogens with zero attached hydrogens (tertiary/aromatic N) is 3. The Labute approximate surface area is 124 Å². The van der Waals surface area contributed by atoms with Crippen LogP contribution in [0.3, 0.4) is 0 Å². The Morgan fingerprint density at radius 1 is 1.43 bits per heavy atom. The minimum Gasteiger partial charge on any atom is -0.381 e. The van der Waals surface area contributed by atoms with Crippen molar-refractivity contribution >= 4 is 0 Å². The number of ether oxygens (including phenoxy) is 1. The number of hydrogen-bond acceptors (Lipinski definition) is 4. The molecule has 2 N–H and O–H groups in total. The number of aromatic nitrogens is 2. The van der Waals surface area contributed by atoms with E-state index in [1.807, 2.05) is 35.0 Å². The van der Waals surface area contributed by atoms with Crippen LogP contribution in [-0.4, -0.2) is 22.8 Å². The van der Waals surface area contributed by atoms with Crippen LogP contribution in [0, 0.1) is 17.2 Å². The summed E-state index contributed by atoms with van der Waals surface area (Å²) in [6.07, 6.45) is 5.03. The molecule has 2 atom stereocenters. The molecule has 5 heteroatoms. The van der Waals surface area contributed by atoms with Gasteiger partial charge in [-0.2, -0.15) is 5.26 Å². The van der Waals surface area contributed by atoms with Gasteiger partial charge in [0, 0.05) is 18.2 Å². The van der Waals surface area contributed by atoms with Gasteiger partial charge in [0.05, 0.1) is 43.4 Å². The van der Waals surface area contributed by atoms with Gasteiger partial charge in [-0.1, -0.05) is 12.1 Å². The molecule has 2 aromatic rings. The molecule has 1 aliphatic rings. The van der Waals surface area contributed by atoms with Crippen molar-refractivity contribution in [1.82, 2.24) is 9.55 Å². The van der Waals surface area contributed by atoms with Crippen molar-refractivity contribution in [2.24, 2.45) is 11.7 Å². The third-order valence-electron chi connectivity index (χ3n) is 3.98. The highest BCUT2D eigenvalue weighted by Crippen LogP contribution is 2.28. The molecule has 1 aromatic carbocycles. The van der Waals surface area contributed by atoms with Gasteiger partial charge in [-0.25, -0.2) is 4.98 Å². The molecule has 5 nitrogen and oxygen atoms in total. The molecule has 1 aliphatic heterocycles. The van der Waals surface area contributed by atoms with Crippen molar-refractivity contribution in [2.45, 2.75) is 18.9 Å². The molecular formula is C16H18N4O. The predicted molar refractivity (Wildman–Crippen MR) is 78.7 cm³/mol. The molecule has 0 saturated carbocycles. The van der Waals surface area contributed by atoms with Crippen molar-refractivity contribution in [3.05, 3.63) is 48.0 Å². The molecule has 3 rings (SSSR count). The lowest BCUT2D eigenvalue weighted by Crippen LogP contribution is -2.24. The zero-order valence-electron chi connectivity index (χ0n) is 11.8. The van der Waals surface area contributed by atoms with Crippen LogP contribution >= 0.6 is 0 Å². The van der Waals surface area contributed by atoms with Gasteiger partial charge in [0.15, 0.2) is 0 Å². The van der Waals surface area contributed by atoms with E-state index in [1.54, 1.807) is 6.33 Å². The van der Waals surface area contributed by atoms with Gasteiger partial charge in [0.2, 0.25) is 0 Å². The van der Waals surface area contributed by atoms with E-state index in [1.165, 1.54) is 0 Å². The van der Waals surface area contributed by atoms with E-state index >= 15 is 0 Å². The van der Waals surface area contributed by atoms with Crippen LogP contribution in [0.2, 0.25) is 0 Å². The van der Waals surface area contributed by atoms with Crippen LogP contribution in [0.15, 0.2) is 36.8 Å². The molecule has 0 bridgehead atoms. The first-order valence-electron chi connectivity index (χ1n) is 7.11. The largest absolute Gasteiger partial charge is 0.381 e. The van der Waals surface area contributed by atoms with Gasteiger partial charge in [0.25, 0.3) is 0 Å². The van der Waals surface area contributed by atoms with Crippen LogP contribution in [-0.2, 0) is 11.2 Å². The van der Waals surface area contributed by atoms with Crippen LogP contribution < -0.4 is 5.73 Å². The maximum Gasteiger partial charge on any atom is 0.0994 e. The van der Waals surface area contributed by atoms with Crippen molar-refractivity contribution < 1.29 is 4.74 Å². The second-order valence-corrected chi connectivity index (χ2v) is 5.34. The molecule has 1 saturated heterocycles. The highest BCUT2D eigenvalue weighted by molar-refractivity contribution is 5.37. The van der Waals surface area contributed by atoms with Gasteiger partial charge >= 0.3 is 0 Å². The first kappa shape index (κ1) is 13.8. The normalized spacial score (nSPS) is 19.3. The topological polar surface area (TPSA) is 76.9 Å². The Morgan fingerprint density at radius 2 is 2.24 bits per heavy atom. The van der Waals surface area contributed by atoms with Crippen molar-refractivity contribution in [2.75, 3.05) is 13.2 Å². The van der Waals surface area contributed by atoms with Gasteiger partial charge < -0.3 is 15.0 Å². The van der Waals surface area contributed by atoms with Crippen molar-refractivity contribution in [1.29, 1.82) is 5.26 Å². The highest BCUT2D eigenvalue weighted by Gasteiger charge is 2.26. The molecule has 21 heavy (non-hydrogen) atoms. The lowest BCUT2D eigenvalue weighted by atomic mass is 9.97. The SMILES string of the molecule is N#CCc1ccc(-n2cncc2C(N)C2CCOC2)cc1. The summed E-state index contributed by atoms with van der Waals surface area (Å²) in [5.74, 6) is 0.346. The Balaban J connectivity index is 1.86. The van der Waals surface area contributed by atoms with E-state index in [9.17, 15) is 0 Å². The van der Waals surface area contributed by atoms with Crippen LogP contribution in [0.25, 0.3) is 5.69 Å². The fraction of sp³-hybridized carbons (Fsp3) is 0.375. The van der Waals surface area contributed by atoms with Gasteiger partial charge in [0.1, 0.15) is 0 Å². The summed E-state index contributed by atoms with van der Waals surface area (Å²) in [5, 5.41) is 8.72. The van der Waals surface area contributed by atoms with Gasteiger partial charge in [-0.3, -0.25) is 0 Å². The van der Waals surface area contributed by atoms with E-state index < -0.39 is 0 Å². The molecule has 2 unspecified atom stereocenters. The maximum absolute atomic E-state index is 8.72. The van der Waals surface area contributed by atoms with E-state index in [0.717, 1.165) is 30.0 Å². The lowest BCUT2D eigenvalue weighted by molar-refractivity contribution is 0.180. The number of rotatable bonds is 4. The third-order valence-corrected chi connectivity index (χ3v) is 3.98. The number of nitrogens with two attached hydrogens (primary N) is 1. The Morgan fingerprint density at radius 3 is 2.90 bits per heavy atom. The van der Waals surface area contributed by atoms with Crippen LogP contribution in [0.4, 0.5) is 0 Å². The van der Waals surface area contributed by atoms with Crippen molar-refractivity contribution in [3.63, 3.8) is 0 Å². The number of imidazole rings is 1. The summed E-state index contributed by atoms with van der Waals surface area (Å²) in [5.41, 5.74) is 9.40. The molecule has 0 amide bonds. The molecule has 108 valence electrons. The average molecular weight is 282 g/mol. The van der Waals surface area contributed by atoms with Crippen molar-refractivity contribution in [3.8, 4) is 11.8 Å². The van der Waals surface area contributed by atoms with E-state index in [4.69, 9.17) is 15.7 Å². The quantitative estimate of drug-likeness (QED) is 0.930. The fourth-order valence-electron chi connectivity index (χ4n) is 2.71. The lowest BCUT2D eigenvalue weighted by Gasteiger charge is -2.19. The smallest absolute Gasteiger partial charge is 0.0994 e. The first-order chi connectivity index (χ1) is 10.3. The van der Waals surface area contributed by atoms with E-state index in [2.05, 4.69) is 11.1 Å². The summed E-state index contributed by atoms with van der Waals surface area (Å²) in [4.78, 5) is 4.24. The second kappa shape index (κ2) is 6.08. The Kier molecular flexibility index (Phi) is 4.00. The standard InChI is InChI=1S/C16H18N4O/c17-7-5-12-1-3-14(4-2-12)20-11-19-9-15(20)16(18)13-6-8-21-10-13/h1-4,9,11,13,16H,5-6,8,10,18H2. The summed E-state index contributed by atoms with van der Waals surface area (Å²) in [7, 11) is 0. The average Bonchev–Trinajstić information content (AvgIpc) is 3.19. The molecule has 0 spiro atoms. The number of hydrogen-bond donors (Lipinski definition) is 1. The van der Waals surface area contributed by atoms with E-state index in [0.29, 0.717) is 18.9 Å². The Hall–Kier alpha value is -2.16. The molecule has 1 aromatic heterocycles. The predicted octanol–water partition coefficient (Wildman–Crippen LogP) is 1.97. The molecule has 2 heterocycles. The van der Waals surface area contributed by atoms with Gasteiger partial charge in [-0.15, -0.1) is 0 Å². The Bertz CT molecular complexity index is 635. The van der Waals surface area contributed by atoms with Crippen LogP contribution in [0.1, 0.15) is 23.7 Å². The minimum atomic E-state index is -0.0752. The molecule has 0 aliphatic carbocycles. The van der Waals surface area contributed by atoms with E-state index in [-0.39, 0.29) is 6.04 Å². The van der Waals surface area contributed by atoms with Crippen LogP contribution in [0.5, 0.6) is 0 Å². The summed E-state index contributed by atoms with van der Waals surface area (Å²) >= 11 is 0. The van der Waals surface area contributed by atoms with Gasteiger partial charge in [-0.05, 0) is 24.1 Å². The zero-order valence-corrected chi connectivity index (χ0v) is 11.8. The highest BCUT2D eigenvalue weighted by atomic mass is 16.5. The molecular weight excluding hydrogens is 264 g/mol. The monoisotopic (exact) mass is 282 g/mol. The number of benzene rings is 1. The second-order valence-electron chi connectivity index (χ2n) is 5.34. The molecule has 0 radical (unpaired) electrons. The fourth-order valence-corrected chi connectivity index (χ4v) is 2.71. The molecule has 1 fully saturated rings. The number of nitriles is 1. The maximum atomic E-state index is 8.72.